The number of hydrogen-bond donors (Lipinski definition) is 0. The van der Waals surface area contributed by atoms with E-state index in [2.05, 4.69) is 0 Å². The Hall–Kier alpha value is -2.75. The highest BCUT2D eigenvalue weighted by atomic mass is 35.5. The van der Waals surface area contributed by atoms with Gasteiger partial charge in [0.15, 0.2) is 0 Å². The average Bonchev–Trinajstić information content (AvgIpc) is 3.07. The van der Waals surface area contributed by atoms with Crippen molar-refractivity contribution in [1.29, 1.82) is 0 Å². The lowest BCUT2D eigenvalue weighted by molar-refractivity contribution is -0.143. The predicted octanol–water partition coefficient (Wildman–Crippen LogP) is 9.06. The van der Waals surface area contributed by atoms with Crippen LogP contribution in [-0.2, 0) is 17.1 Å². The van der Waals surface area contributed by atoms with Crippen LogP contribution in [0.2, 0.25) is 5.02 Å². The first kappa shape index (κ1) is 28.3. The molecule has 2 aromatic carbocycles. The first-order valence-electron chi connectivity index (χ1n) is 11.9. The number of hydrogen-bond acceptors (Lipinski definition) is 2. The van der Waals surface area contributed by atoms with Crippen LogP contribution in [0, 0.1) is 11.2 Å². The summed E-state index contributed by atoms with van der Waals surface area (Å²) in [6.45, 7) is 5.52. The van der Waals surface area contributed by atoms with Crippen LogP contribution in [0.15, 0.2) is 42.0 Å². The fraction of sp³-hybridized carbons (Fsp3) is 0.444. The highest BCUT2D eigenvalue weighted by molar-refractivity contribution is 6.30. The molecular formula is C27H25ClF7NO2. The van der Waals surface area contributed by atoms with E-state index in [1.807, 2.05) is 13.8 Å². The van der Waals surface area contributed by atoms with Gasteiger partial charge in [0.1, 0.15) is 11.9 Å². The molecule has 0 N–H and O–H groups in total. The molecule has 0 aromatic heterocycles. The molecule has 1 saturated heterocycles. The van der Waals surface area contributed by atoms with Crippen LogP contribution < -0.4 is 0 Å². The van der Waals surface area contributed by atoms with E-state index in [1.54, 1.807) is 0 Å². The monoisotopic (exact) mass is 563 g/mol. The van der Waals surface area contributed by atoms with E-state index in [1.165, 1.54) is 30.0 Å². The maximum atomic E-state index is 14.8. The van der Waals surface area contributed by atoms with Crippen LogP contribution in [0.5, 0.6) is 0 Å². The van der Waals surface area contributed by atoms with Crippen LogP contribution in [0.3, 0.4) is 0 Å². The molecule has 0 bridgehead atoms. The number of carbonyl (C=O) groups excluding carboxylic acids is 1. The summed E-state index contributed by atoms with van der Waals surface area (Å²) >= 11 is 6.10. The van der Waals surface area contributed by atoms with Gasteiger partial charge >= 0.3 is 18.4 Å². The molecule has 4 rings (SSSR count). The standard InChI is InChI=1S/C27H25ClF7NO2/c1-14-23(15-8-17(26(30,31)32)10-18(9-15)27(33,34)35)38-24(37)36(14)13-16-12-25(2,3)7-6-20(16)21-11-19(28)4-5-22(21)29/h4-5,8-11,14,23H,6-7,12-13H2,1-3H3/t14-,23-/m0/s1. The first-order chi connectivity index (χ1) is 17.5. The Bertz CT molecular complexity index is 1250. The second kappa shape index (κ2) is 9.77. The van der Waals surface area contributed by atoms with Gasteiger partial charge in [-0.3, -0.25) is 4.90 Å². The Morgan fingerprint density at radius 1 is 1.03 bits per heavy atom. The van der Waals surface area contributed by atoms with Gasteiger partial charge in [-0.2, -0.15) is 26.3 Å². The highest BCUT2D eigenvalue weighted by Gasteiger charge is 2.44. The van der Waals surface area contributed by atoms with Crippen molar-refractivity contribution in [3.8, 4) is 0 Å². The van der Waals surface area contributed by atoms with Gasteiger partial charge in [-0.15, -0.1) is 0 Å². The van der Waals surface area contributed by atoms with Gasteiger partial charge in [0.05, 0.1) is 17.2 Å². The zero-order valence-electron chi connectivity index (χ0n) is 20.7. The largest absolute Gasteiger partial charge is 0.439 e. The number of ether oxygens (including phenoxy) is 1. The predicted molar refractivity (Wildman–Crippen MR) is 128 cm³/mol. The Morgan fingerprint density at radius 2 is 1.63 bits per heavy atom. The average molecular weight is 564 g/mol. The molecule has 0 saturated carbocycles. The van der Waals surface area contributed by atoms with Crippen LogP contribution in [0.1, 0.15) is 68.4 Å². The van der Waals surface area contributed by atoms with Gasteiger partial charge in [-0.1, -0.05) is 25.4 Å². The van der Waals surface area contributed by atoms with Crippen LogP contribution in [0.4, 0.5) is 35.5 Å². The van der Waals surface area contributed by atoms with Crippen LogP contribution in [0.25, 0.3) is 5.57 Å². The van der Waals surface area contributed by atoms with E-state index in [4.69, 9.17) is 16.3 Å². The zero-order valence-corrected chi connectivity index (χ0v) is 21.5. The van der Waals surface area contributed by atoms with Gasteiger partial charge in [-0.25, -0.2) is 9.18 Å². The van der Waals surface area contributed by atoms with E-state index >= 15 is 0 Å². The third kappa shape index (κ3) is 5.80. The number of benzene rings is 2. The third-order valence-electron chi connectivity index (χ3n) is 7.12. The van der Waals surface area contributed by atoms with E-state index in [-0.39, 0.29) is 18.0 Å². The second-order valence-corrected chi connectivity index (χ2v) is 11.0. The van der Waals surface area contributed by atoms with E-state index in [0.717, 1.165) is 12.0 Å². The summed E-state index contributed by atoms with van der Waals surface area (Å²) < 4.78 is 100. The molecule has 0 radical (unpaired) electrons. The molecule has 1 amide bonds. The lowest BCUT2D eigenvalue weighted by Gasteiger charge is -2.35. The molecule has 3 nitrogen and oxygen atoms in total. The topological polar surface area (TPSA) is 29.5 Å². The molecule has 11 heteroatoms. The Morgan fingerprint density at radius 3 is 2.21 bits per heavy atom. The summed E-state index contributed by atoms with van der Waals surface area (Å²) in [5.41, 5.74) is -1.86. The Balaban J connectivity index is 1.72. The van der Waals surface area contributed by atoms with Crippen molar-refractivity contribution < 1.29 is 40.3 Å². The highest BCUT2D eigenvalue weighted by Crippen LogP contribution is 2.45. The summed E-state index contributed by atoms with van der Waals surface area (Å²) in [7, 11) is 0. The van der Waals surface area contributed by atoms with E-state index in [9.17, 15) is 35.5 Å². The molecule has 2 aliphatic rings. The molecule has 1 fully saturated rings. The van der Waals surface area contributed by atoms with Crippen molar-refractivity contribution in [1.82, 2.24) is 4.90 Å². The number of alkyl halides is 6. The fourth-order valence-electron chi connectivity index (χ4n) is 5.13. The number of halogens is 8. The fourth-order valence-corrected chi connectivity index (χ4v) is 5.30. The SMILES string of the molecule is C[C@H]1[C@@H](c2cc(C(F)(F)F)cc(C(F)(F)F)c2)OC(=O)N1CC1=C(c2cc(Cl)ccc2F)CCC(C)(C)C1. The molecule has 0 spiro atoms. The van der Waals surface area contributed by atoms with Gasteiger partial charge in [0, 0.05) is 17.1 Å². The van der Waals surface area contributed by atoms with Crippen molar-refractivity contribution in [2.75, 3.05) is 6.54 Å². The zero-order chi connectivity index (χ0) is 28.2. The molecule has 1 aliphatic heterocycles. The summed E-state index contributed by atoms with van der Waals surface area (Å²) in [6.07, 6.45) is -10.6. The van der Waals surface area contributed by atoms with Gasteiger partial charge < -0.3 is 4.74 Å². The Labute approximate surface area is 220 Å². The maximum Gasteiger partial charge on any atom is 0.416 e. The number of amides is 1. The van der Waals surface area contributed by atoms with E-state index in [0.29, 0.717) is 41.1 Å². The Kier molecular flexibility index (Phi) is 7.27. The summed E-state index contributed by atoms with van der Waals surface area (Å²) in [6, 6.07) is 4.45. The first-order valence-corrected chi connectivity index (χ1v) is 12.3. The van der Waals surface area contributed by atoms with Gasteiger partial charge in [0.25, 0.3) is 0 Å². The molecular weight excluding hydrogens is 539 g/mol. The molecule has 0 unspecified atom stereocenters. The maximum absolute atomic E-state index is 14.8. The lowest BCUT2D eigenvalue weighted by atomic mass is 9.72. The van der Waals surface area contributed by atoms with Crippen molar-refractivity contribution >= 4 is 23.3 Å². The molecule has 2 aromatic rings. The molecule has 1 aliphatic carbocycles. The smallest absolute Gasteiger partial charge is 0.416 e. The minimum absolute atomic E-state index is 0.0215. The normalized spacial score (nSPS) is 22.2. The number of cyclic esters (lactones) is 1. The van der Waals surface area contributed by atoms with Crippen molar-refractivity contribution in [2.45, 2.75) is 64.5 Å². The quantitative estimate of drug-likeness (QED) is 0.347. The molecule has 2 atom stereocenters. The van der Waals surface area contributed by atoms with Crippen LogP contribution in [-0.4, -0.2) is 23.6 Å². The summed E-state index contributed by atoms with van der Waals surface area (Å²) in [4.78, 5) is 14.1. The van der Waals surface area contributed by atoms with Crippen molar-refractivity contribution in [2.24, 2.45) is 5.41 Å². The minimum atomic E-state index is -5.03. The number of allylic oxidation sites excluding steroid dienone is 1. The second-order valence-electron chi connectivity index (χ2n) is 10.6. The number of rotatable bonds is 4. The molecule has 1 heterocycles. The molecule has 38 heavy (non-hydrogen) atoms. The van der Waals surface area contributed by atoms with E-state index < -0.39 is 53.1 Å². The summed E-state index contributed by atoms with van der Waals surface area (Å²) in [5.74, 6) is -0.486. The molecule has 206 valence electrons. The van der Waals surface area contributed by atoms with Crippen LogP contribution >= 0.6 is 11.6 Å². The van der Waals surface area contributed by atoms with Gasteiger partial charge in [0.2, 0.25) is 0 Å². The number of carbonyl (C=O) groups is 1. The number of nitrogens with zero attached hydrogens (tertiary/aromatic N) is 1. The van der Waals surface area contributed by atoms with Gasteiger partial charge in [-0.05, 0) is 84.7 Å². The third-order valence-corrected chi connectivity index (χ3v) is 7.35. The lowest BCUT2D eigenvalue weighted by Crippen LogP contribution is -2.35. The summed E-state index contributed by atoms with van der Waals surface area (Å²) in [5, 5.41) is 0.331. The van der Waals surface area contributed by atoms with Crippen molar-refractivity contribution in [3.05, 3.63) is 75.1 Å². The van der Waals surface area contributed by atoms with Crippen molar-refractivity contribution in [3.63, 3.8) is 0 Å². The minimum Gasteiger partial charge on any atom is -0.439 e.